The molecule has 16 heavy (non-hydrogen) atoms. The molecule has 0 aromatic heterocycles. The molecule has 1 aromatic rings. The average molecular weight is 216 g/mol. The molecule has 0 aliphatic heterocycles. The van der Waals surface area contributed by atoms with Crippen LogP contribution >= 0.6 is 0 Å². The topological polar surface area (TPSA) is 27.0 Å². The summed E-state index contributed by atoms with van der Waals surface area (Å²) in [5.74, 6) is 0. The Morgan fingerprint density at radius 2 is 2.06 bits per heavy atom. The molecule has 2 heteroatoms. The van der Waals surface area contributed by atoms with Gasteiger partial charge in [-0.15, -0.1) is 0 Å². The Bertz CT molecular complexity index is 390. The maximum absolute atomic E-state index is 8.67. The van der Waals surface area contributed by atoms with Crippen molar-refractivity contribution < 1.29 is 0 Å². The zero-order valence-electron chi connectivity index (χ0n) is 10.6. The fraction of sp³-hybridized carbons (Fsp3) is 0.500. The van der Waals surface area contributed by atoms with Gasteiger partial charge in [0, 0.05) is 12.6 Å². The smallest absolute Gasteiger partial charge is 0.0638 e. The van der Waals surface area contributed by atoms with Crippen molar-refractivity contribution in [1.29, 1.82) is 5.26 Å². The third-order valence-corrected chi connectivity index (χ3v) is 3.06. The van der Waals surface area contributed by atoms with Crippen LogP contribution in [0.1, 0.15) is 30.0 Å². The van der Waals surface area contributed by atoms with E-state index in [1.54, 1.807) is 0 Å². The molecule has 0 saturated carbocycles. The first-order chi connectivity index (χ1) is 7.54. The molecule has 0 spiro atoms. The summed E-state index contributed by atoms with van der Waals surface area (Å²) in [5, 5.41) is 8.67. The first-order valence-electron chi connectivity index (χ1n) is 5.68. The van der Waals surface area contributed by atoms with E-state index in [2.05, 4.69) is 57.0 Å². The second kappa shape index (κ2) is 5.67. The van der Waals surface area contributed by atoms with Crippen molar-refractivity contribution in [3.63, 3.8) is 0 Å². The Hall–Kier alpha value is -1.33. The molecular formula is C14H20N2. The minimum absolute atomic E-state index is 0.310. The van der Waals surface area contributed by atoms with Gasteiger partial charge < -0.3 is 0 Å². The molecule has 0 N–H and O–H groups in total. The van der Waals surface area contributed by atoms with Crippen LogP contribution in [0.4, 0.5) is 0 Å². The lowest BCUT2D eigenvalue weighted by atomic mass is 10.0. The largest absolute Gasteiger partial charge is 0.298 e. The summed E-state index contributed by atoms with van der Waals surface area (Å²) in [5.41, 5.74) is 3.97. The van der Waals surface area contributed by atoms with Crippen LogP contribution in [0.25, 0.3) is 0 Å². The molecule has 0 amide bonds. The van der Waals surface area contributed by atoms with E-state index in [9.17, 15) is 0 Å². The van der Waals surface area contributed by atoms with Crippen molar-refractivity contribution in [3.05, 3.63) is 34.9 Å². The molecule has 1 unspecified atom stereocenters. The Balaban J connectivity index is 2.73. The maximum Gasteiger partial charge on any atom is 0.0638 e. The third kappa shape index (κ3) is 3.36. The van der Waals surface area contributed by atoms with Gasteiger partial charge in [-0.3, -0.25) is 4.90 Å². The molecule has 1 atom stereocenters. The second-order valence-corrected chi connectivity index (χ2v) is 4.56. The lowest BCUT2D eigenvalue weighted by Gasteiger charge is -2.23. The van der Waals surface area contributed by atoms with Crippen LogP contribution in [-0.2, 0) is 6.54 Å². The lowest BCUT2D eigenvalue weighted by Crippen LogP contribution is -2.28. The number of aryl methyl sites for hydroxylation is 2. The predicted octanol–water partition coefficient (Wildman–Crippen LogP) is 3.04. The van der Waals surface area contributed by atoms with E-state index in [0.717, 1.165) is 6.54 Å². The summed E-state index contributed by atoms with van der Waals surface area (Å²) in [6, 6.07) is 9.05. The van der Waals surface area contributed by atoms with E-state index >= 15 is 0 Å². The van der Waals surface area contributed by atoms with Crippen LogP contribution < -0.4 is 0 Å². The summed E-state index contributed by atoms with van der Waals surface area (Å²) < 4.78 is 0. The Morgan fingerprint density at radius 3 is 2.69 bits per heavy atom. The van der Waals surface area contributed by atoms with Crippen LogP contribution in [-0.4, -0.2) is 18.0 Å². The van der Waals surface area contributed by atoms with Crippen LogP contribution in [0.2, 0.25) is 0 Å². The van der Waals surface area contributed by atoms with Crippen molar-refractivity contribution in [2.24, 2.45) is 0 Å². The molecule has 1 aromatic carbocycles. The van der Waals surface area contributed by atoms with Gasteiger partial charge in [-0.05, 0) is 38.9 Å². The van der Waals surface area contributed by atoms with Crippen molar-refractivity contribution in [2.45, 2.75) is 39.8 Å². The molecule has 0 saturated heterocycles. The SMILES string of the molecule is Cc1ccc(C)c(CN(C)C(C)CC#N)c1. The fourth-order valence-corrected chi connectivity index (χ4v) is 1.68. The molecule has 1 rings (SSSR count). The van der Waals surface area contributed by atoms with Gasteiger partial charge in [-0.25, -0.2) is 0 Å². The van der Waals surface area contributed by atoms with Crippen LogP contribution in [0, 0.1) is 25.2 Å². The summed E-state index contributed by atoms with van der Waals surface area (Å²) in [4.78, 5) is 2.23. The zero-order chi connectivity index (χ0) is 12.1. The molecule has 0 aliphatic carbocycles. The van der Waals surface area contributed by atoms with Crippen LogP contribution in [0.3, 0.4) is 0 Å². The quantitative estimate of drug-likeness (QED) is 0.773. The lowest BCUT2D eigenvalue weighted by molar-refractivity contribution is 0.252. The van der Waals surface area contributed by atoms with E-state index in [0.29, 0.717) is 12.5 Å². The van der Waals surface area contributed by atoms with E-state index in [4.69, 9.17) is 5.26 Å². The minimum atomic E-state index is 0.310. The summed E-state index contributed by atoms with van der Waals surface area (Å²) >= 11 is 0. The minimum Gasteiger partial charge on any atom is -0.298 e. The highest BCUT2D eigenvalue weighted by molar-refractivity contribution is 5.30. The molecule has 0 radical (unpaired) electrons. The second-order valence-electron chi connectivity index (χ2n) is 4.56. The Morgan fingerprint density at radius 1 is 1.38 bits per heavy atom. The van der Waals surface area contributed by atoms with E-state index in [1.165, 1.54) is 16.7 Å². The van der Waals surface area contributed by atoms with Crippen LogP contribution in [0.5, 0.6) is 0 Å². The van der Waals surface area contributed by atoms with Crippen molar-refractivity contribution in [1.82, 2.24) is 4.90 Å². The van der Waals surface area contributed by atoms with Gasteiger partial charge in [0.15, 0.2) is 0 Å². The van der Waals surface area contributed by atoms with Gasteiger partial charge >= 0.3 is 0 Å². The number of nitriles is 1. The normalized spacial score (nSPS) is 12.5. The number of rotatable bonds is 4. The summed E-state index contributed by atoms with van der Waals surface area (Å²) in [6.07, 6.45) is 0.585. The monoisotopic (exact) mass is 216 g/mol. The first-order valence-corrected chi connectivity index (χ1v) is 5.68. The van der Waals surface area contributed by atoms with Gasteiger partial charge in [-0.1, -0.05) is 23.8 Å². The van der Waals surface area contributed by atoms with Gasteiger partial charge in [0.05, 0.1) is 12.5 Å². The first kappa shape index (κ1) is 12.7. The molecule has 86 valence electrons. The summed E-state index contributed by atoms with van der Waals surface area (Å²) in [7, 11) is 2.07. The molecule has 0 heterocycles. The summed E-state index contributed by atoms with van der Waals surface area (Å²) in [6.45, 7) is 7.25. The van der Waals surface area contributed by atoms with Crippen molar-refractivity contribution in [3.8, 4) is 6.07 Å². The number of hydrogen-bond donors (Lipinski definition) is 0. The zero-order valence-corrected chi connectivity index (χ0v) is 10.6. The van der Waals surface area contributed by atoms with Crippen molar-refractivity contribution in [2.75, 3.05) is 7.05 Å². The predicted molar refractivity (Wildman–Crippen MR) is 67.1 cm³/mol. The molecule has 0 bridgehead atoms. The maximum atomic E-state index is 8.67. The fourth-order valence-electron chi connectivity index (χ4n) is 1.68. The molecular weight excluding hydrogens is 196 g/mol. The highest BCUT2D eigenvalue weighted by atomic mass is 15.1. The Labute approximate surface area is 98.5 Å². The highest BCUT2D eigenvalue weighted by Gasteiger charge is 2.10. The molecule has 2 nitrogen and oxygen atoms in total. The molecule has 0 aliphatic rings. The van der Waals surface area contributed by atoms with Gasteiger partial charge in [-0.2, -0.15) is 5.26 Å². The van der Waals surface area contributed by atoms with E-state index in [1.807, 2.05) is 0 Å². The van der Waals surface area contributed by atoms with Crippen molar-refractivity contribution >= 4 is 0 Å². The highest BCUT2D eigenvalue weighted by Crippen LogP contribution is 2.14. The van der Waals surface area contributed by atoms with Gasteiger partial charge in [0.25, 0.3) is 0 Å². The van der Waals surface area contributed by atoms with Gasteiger partial charge in [0.1, 0.15) is 0 Å². The van der Waals surface area contributed by atoms with E-state index in [-0.39, 0.29) is 0 Å². The number of nitrogens with zero attached hydrogens (tertiary/aromatic N) is 2. The average Bonchev–Trinajstić information content (AvgIpc) is 2.23. The molecule has 0 fully saturated rings. The standard InChI is InChI=1S/C14H20N2/c1-11-5-6-12(2)14(9-11)10-16(4)13(3)7-8-15/h5-6,9,13H,7,10H2,1-4H3. The number of benzene rings is 1. The third-order valence-electron chi connectivity index (χ3n) is 3.06. The van der Waals surface area contributed by atoms with E-state index < -0.39 is 0 Å². The number of hydrogen-bond acceptors (Lipinski definition) is 2. The Kier molecular flexibility index (Phi) is 4.52. The van der Waals surface area contributed by atoms with Gasteiger partial charge in [0.2, 0.25) is 0 Å². The van der Waals surface area contributed by atoms with Crippen LogP contribution in [0.15, 0.2) is 18.2 Å².